The first-order valence-corrected chi connectivity index (χ1v) is 46.4. The zero-order valence-corrected chi connectivity index (χ0v) is 74.5. The Morgan fingerprint density at radius 3 is 1.15 bits per heavy atom. The van der Waals surface area contributed by atoms with Crippen LogP contribution in [0.4, 0.5) is 0 Å². The Labute approximate surface area is 812 Å². The van der Waals surface area contributed by atoms with Gasteiger partial charge in [-0.15, -0.1) is 11.3 Å². The van der Waals surface area contributed by atoms with Crippen molar-refractivity contribution in [3.63, 3.8) is 0 Å². The maximum absolute atomic E-state index is 13.9. The molecule has 30 atom stereocenters. The fourth-order valence-electron chi connectivity index (χ4n) is 19.8. The van der Waals surface area contributed by atoms with Crippen LogP contribution in [0.2, 0.25) is 0 Å². The number of phosphoric acid groups is 2. The number of phenolic OH excluding ortho intramolecular Hbond substituents is 1. The van der Waals surface area contributed by atoms with E-state index < -0.39 is 298 Å². The van der Waals surface area contributed by atoms with Gasteiger partial charge in [0.15, 0.2) is 107 Å². The number of aliphatic hydroxyl groups excluding tert-OH is 6. The van der Waals surface area contributed by atoms with E-state index in [4.69, 9.17) is 154 Å². The smallest absolute Gasteiger partial charge is 0.502 e. The van der Waals surface area contributed by atoms with Crippen LogP contribution in [0.1, 0.15) is 136 Å². The predicted molar refractivity (Wildman–Crippen MR) is 455 cm³/mol. The van der Waals surface area contributed by atoms with Crippen LogP contribution in [0.15, 0.2) is 90.3 Å². The maximum atomic E-state index is 13.9. The summed E-state index contributed by atoms with van der Waals surface area (Å²) < 4.78 is 332. The molecule has 9 fully saturated rings. The van der Waals surface area contributed by atoms with Gasteiger partial charge in [-0.05, 0) is 148 Å². The number of thiophene rings is 1. The number of rotatable bonds is 20. The second kappa shape index (κ2) is 38.1. The summed E-state index contributed by atoms with van der Waals surface area (Å²) in [6.07, 6.45) is -26.6. The summed E-state index contributed by atoms with van der Waals surface area (Å²) in [5.41, 5.74) is 1.05. The lowest BCUT2D eigenvalue weighted by Crippen LogP contribution is -2.63. The Morgan fingerprint density at radius 2 is 0.768 bits per heavy atom. The predicted octanol–water partition coefficient (Wildman–Crippen LogP) is 4.96. The molecule has 13 heterocycles. The Kier molecular flexibility index (Phi) is 20.9. The summed E-state index contributed by atoms with van der Waals surface area (Å²) in [6, 6.07) is 19.1. The third-order valence-electron chi connectivity index (χ3n) is 25.8. The molecule has 11 N–H and O–H groups in total. The standard InChI is InChI=1S/C32H32O13S.2C29H33O16P/c1-37-19-6-13(7-20(38-2)25(19)33)23-14-8-17-18(42-12-41-17)9-15(14)28(16-10-39-30(36)24(16)23)44-32-27(35)26(34)29-21(43-32)11-40-31(45-29)22-4-3-5-46-22;2*1-11-38-9-20-27(42-11)23(30)24(31)29(43-20)44-25-14-7-17-16(40-10-41-17)6-13(14)21(22-15(25)8-39-28(22)32)12-4-18(36-2)26(19(5-12)37-3)45-46(33,34)35/h3-9,16,21,23-24,26-29,31-35H,10-12H2,1-2H3;2*4-7,11,15,20-25,27,29-31H,8-10H2,1-3H3,(H2,33,34,35)/t16-,21+,23+,24-,26+,27+,28+,29+,31+,32-;2*11-,15+,20-,21-,22+,23-,24-,25-,27-,29+/m011/s1/i1D3,2D3;2D3,3D3,8D2,22D;8D2,22D. The van der Waals surface area contributed by atoms with Gasteiger partial charge < -0.3 is 173 Å². The highest BCUT2D eigenvalue weighted by Crippen LogP contribution is 2.63. The topological polar surface area (TPSA) is 576 Å². The number of benzene rings is 6. The van der Waals surface area contributed by atoms with Crippen LogP contribution >= 0.6 is 27.0 Å². The number of phenols is 1. The van der Waals surface area contributed by atoms with Crippen molar-refractivity contribution >= 4 is 44.9 Å². The van der Waals surface area contributed by atoms with Gasteiger partial charge in [0.1, 0.15) is 73.2 Å². The molecule has 48 heteroatoms. The highest BCUT2D eigenvalue weighted by molar-refractivity contribution is 7.47. The molecule has 45 nitrogen and oxygen atoms in total. The lowest BCUT2D eigenvalue weighted by Gasteiger charge is -2.48. The van der Waals surface area contributed by atoms with E-state index in [1.807, 2.05) is 17.5 Å². The summed E-state index contributed by atoms with van der Waals surface area (Å²) in [5, 5.41) is 79.6. The Hall–Kier alpha value is -9.99. The number of carbonyl (C=O) groups is 3. The SMILES string of the molecule is [2H]C([2H])([2H])Oc1cc([C@@H]2c3cc4c(cc3[C@@H](O[C@@H]3O[C@@H]5CO[C@@H](C)O[C@H]5[C@H](O)[C@H]3O)[C@H]3C([2H])([2H])OC(=O)[C@]23[2H])OCO4)cc(OC([2H])([2H])[2H])c1OP(=O)(O)O.[2H]C([2H])([2H])Oc1cc([C@@H]2c3cc4c(cc3[C@@H](O[C@@H]3O[C@@H]5CO[C@@H](c6cccs6)O[C@H]5[C@H](O)[C@H]3O)[C@H]3COC(=O)[C@H]23)OCO4)cc(OC([2H])([2H])[2H])c1O.[2H]C1([2H])OC(=O)[C@]2([2H])[C@H](c3cc(OC)c(OP(=O)(O)O)c(OC)c3)c3cc4c(cc3[C@@H](O[C@@H]3O[C@@H]5CO[C@@H](C)O[C@H]5[C@H](O)[C@H]3O)[C@@H]12)OCO4. The fourth-order valence-corrected chi connectivity index (χ4v) is 21.3. The molecule has 0 saturated carbocycles. The van der Waals surface area contributed by atoms with Crippen molar-refractivity contribution in [3.8, 4) is 86.2 Å². The molecule has 0 spiro atoms. The first kappa shape index (κ1) is 75.8. The normalized spacial score (nSPS) is 38.6. The lowest BCUT2D eigenvalue weighted by molar-refractivity contribution is -0.368. The van der Waals surface area contributed by atoms with E-state index in [2.05, 4.69) is 4.52 Å². The molecule has 138 heavy (non-hydrogen) atoms. The summed E-state index contributed by atoms with van der Waals surface area (Å²) >= 11 is 1.42. The second-order valence-corrected chi connectivity index (χ2v) is 36.9. The zero-order valence-electron chi connectivity index (χ0n) is 89.9. The minimum Gasteiger partial charge on any atom is -0.502 e. The number of fused-ring (bicyclic) bond motifs is 12. The van der Waals surface area contributed by atoms with Gasteiger partial charge >= 0.3 is 33.6 Å². The van der Waals surface area contributed by atoms with E-state index in [0.29, 0.717) is 22.6 Å². The minimum atomic E-state index is -5.59. The van der Waals surface area contributed by atoms with Crippen LogP contribution in [0.5, 0.6) is 86.2 Å². The van der Waals surface area contributed by atoms with Gasteiger partial charge in [0, 0.05) is 38.2 Å². The van der Waals surface area contributed by atoms with E-state index in [1.165, 1.54) is 74.1 Å². The number of phosphoric ester groups is 2. The maximum Gasteiger partial charge on any atom is 0.525 e. The van der Waals surface area contributed by atoms with Gasteiger partial charge in [-0.2, -0.15) is 0 Å². The number of esters is 3. The van der Waals surface area contributed by atoms with Crippen molar-refractivity contribution in [2.45, 2.75) is 161 Å². The van der Waals surface area contributed by atoms with E-state index >= 15 is 0 Å². The number of aliphatic hydroxyl groups is 6. The van der Waals surface area contributed by atoms with Crippen molar-refractivity contribution < 1.29 is 240 Å². The number of hydrogen-bond donors (Lipinski definition) is 11. The number of hydrogen-bond acceptors (Lipinski definition) is 42. The van der Waals surface area contributed by atoms with Crippen molar-refractivity contribution in [2.24, 2.45) is 35.5 Å². The van der Waals surface area contributed by atoms with E-state index in [0.717, 1.165) is 17.0 Å². The third kappa shape index (κ3) is 17.5. The first-order chi connectivity index (χ1) is 73.1. The van der Waals surface area contributed by atoms with Gasteiger partial charge in [0.05, 0.1) is 145 Å². The molecule has 0 unspecified atom stereocenters. The summed E-state index contributed by atoms with van der Waals surface area (Å²) in [7, 11) is -21.2. The van der Waals surface area contributed by atoms with Gasteiger partial charge in [-0.1, -0.05) is 6.07 Å². The molecule has 15 aliphatic rings. The lowest BCUT2D eigenvalue weighted by atomic mass is 9.66. The van der Waals surface area contributed by atoms with Crippen LogP contribution in [-0.2, 0) is 94.6 Å². The fraction of sp³-hybridized carbons (Fsp3) is 0.522. The quantitative estimate of drug-likeness (QED) is 0.0273. The summed E-state index contributed by atoms with van der Waals surface area (Å²) in [4.78, 5) is 80.5. The monoisotopic (exact) mass is 2010 g/mol. The number of methoxy groups -OCH3 is 6. The van der Waals surface area contributed by atoms with Gasteiger partial charge in [-0.25, -0.2) is 9.13 Å². The molecule has 6 aromatic carbocycles. The molecule has 1 aromatic heterocycles. The van der Waals surface area contributed by atoms with Gasteiger partial charge in [0.2, 0.25) is 37.6 Å². The first-order valence-electron chi connectivity index (χ1n) is 51.4. The summed E-state index contributed by atoms with van der Waals surface area (Å²) in [6.45, 7) is -3.51. The largest absolute Gasteiger partial charge is 0.525 e. The third-order valence-corrected chi connectivity index (χ3v) is 27.6. The Morgan fingerprint density at radius 1 is 0.413 bits per heavy atom. The molecule has 0 radical (unpaired) electrons. The number of ether oxygens (including phenoxy) is 27. The van der Waals surface area contributed by atoms with E-state index in [-0.39, 0.29) is 120 Å². The molecule has 12 aliphatic heterocycles. The summed E-state index contributed by atoms with van der Waals surface area (Å²) in [5.74, 6) is -23.4. The van der Waals surface area contributed by atoms with E-state index in [9.17, 15) is 81.6 Å². The molecule has 3 aliphatic carbocycles. The van der Waals surface area contributed by atoms with Crippen molar-refractivity contribution in [1.82, 2.24) is 0 Å². The van der Waals surface area contributed by atoms with Gasteiger partial charge in [-0.3, -0.25) is 34.0 Å². The second-order valence-electron chi connectivity index (χ2n) is 33.6. The molecule has 744 valence electrons. The van der Waals surface area contributed by atoms with Crippen molar-refractivity contribution in [2.75, 3.05) is 102 Å². The van der Waals surface area contributed by atoms with Crippen LogP contribution in [-0.4, -0.2) is 280 Å². The molecule has 0 bridgehead atoms. The van der Waals surface area contributed by atoms with E-state index in [1.54, 1.807) is 26.0 Å². The highest BCUT2D eigenvalue weighted by Gasteiger charge is 2.62. The molecule has 7 aromatic rings. The molecular weight excluding hydrogens is 1890 g/mol. The van der Waals surface area contributed by atoms with Crippen LogP contribution in [0, 0.1) is 35.5 Å². The molecule has 22 rings (SSSR count). The minimum absolute atomic E-state index is 0.0168. The number of carbonyl (C=O) groups excluding carboxylic acids is 3. The van der Waals surface area contributed by atoms with Crippen LogP contribution in [0.25, 0.3) is 0 Å². The van der Waals surface area contributed by atoms with Crippen molar-refractivity contribution in [1.29, 1.82) is 0 Å². The average Bonchev–Trinajstić information content (AvgIpc) is 1.53. The zero-order chi connectivity index (χ0) is 112. The molecular formula is C90H98O45P2S. The van der Waals surface area contributed by atoms with Crippen LogP contribution in [0.3, 0.4) is 0 Å². The Bertz CT molecular complexity index is 6580. The molecule has 9 saturated heterocycles. The average molecular weight is 2010 g/mol. The van der Waals surface area contributed by atoms with Crippen molar-refractivity contribution in [3.05, 3.63) is 145 Å². The molecule has 0 amide bonds. The van der Waals surface area contributed by atoms with Gasteiger partial charge in [0.25, 0.3) is 0 Å². The van der Waals surface area contributed by atoms with Crippen LogP contribution < -0.4 is 65.9 Å². The number of aromatic hydroxyl groups is 1. The number of cyclic esters (lactones) is 3. The Balaban J connectivity index is 0.000000140. The highest BCUT2D eigenvalue weighted by atomic mass is 32.1.